The fraction of sp³-hybridized carbons (Fsp3) is 0.214. The summed E-state index contributed by atoms with van der Waals surface area (Å²) in [5, 5.41) is 15.0. The van der Waals surface area contributed by atoms with Crippen molar-refractivity contribution in [3.8, 4) is 0 Å². The number of hydrogen-bond acceptors (Lipinski definition) is 4. The number of hydrogen-bond donors (Lipinski definition) is 2. The maximum Gasteiger partial charge on any atom is 0.335 e. The van der Waals surface area contributed by atoms with E-state index in [0.29, 0.717) is 18.5 Å². The molecule has 20 heavy (non-hydrogen) atoms. The molecule has 0 saturated carbocycles. The molecular formula is C14H14N2O4. The van der Waals surface area contributed by atoms with Crippen molar-refractivity contribution >= 4 is 11.9 Å². The van der Waals surface area contributed by atoms with E-state index in [4.69, 9.17) is 9.63 Å². The van der Waals surface area contributed by atoms with Gasteiger partial charge in [-0.2, -0.15) is 0 Å². The molecule has 2 N–H and O–H groups in total. The Hall–Kier alpha value is -2.63. The van der Waals surface area contributed by atoms with E-state index in [1.54, 1.807) is 31.2 Å². The van der Waals surface area contributed by atoms with Crippen molar-refractivity contribution in [2.24, 2.45) is 0 Å². The van der Waals surface area contributed by atoms with Crippen LogP contribution < -0.4 is 5.32 Å². The number of benzene rings is 1. The number of aromatic carboxylic acids is 1. The number of nitrogens with zero attached hydrogens (tertiary/aromatic N) is 1. The molecule has 1 aromatic carbocycles. The molecule has 0 saturated heterocycles. The van der Waals surface area contributed by atoms with Crippen molar-refractivity contribution < 1.29 is 19.2 Å². The van der Waals surface area contributed by atoms with Gasteiger partial charge in [-0.3, -0.25) is 4.79 Å². The second-order valence-corrected chi connectivity index (χ2v) is 4.35. The van der Waals surface area contributed by atoms with Gasteiger partial charge in [0.05, 0.1) is 11.8 Å². The summed E-state index contributed by atoms with van der Waals surface area (Å²) in [4.78, 5) is 22.4. The molecule has 1 amide bonds. The average Bonchev–Trinajstić information content (AvgIpc) is 2.85. The SMILES string of the molecule is Cc1cnoc1C(=O)NCCc1ccc(C(=O)O)cc1. The second-order valence-electron chi connectivity index (χ2n) is 4.35. The topological polar surface area (TPSA) is 92.4 Å². The lowest BCUT2D eigenvalue weighted by molar-refractivity contribution is 0.0696. The highest BCUT2D eigenvalue weighted by molar-refractivity contribution is 5.92. The zero-order valence-corrected chi connectivity index (χ0v) is 10.9. The van der Waals surface area contributed by atoms with E-state index in [1.807, 2.05) is 0 Å². The van der Waals surface area contributed by atoms with Gasteiger partial charge in [0.2, 0.25) is 5.76 Å². The van der Waals surface area contributed by atoms with Crippen molar-refractivity contribution in [2.75, 3.05) is 6.54 Å². The molecule has 0 aliphatic carbocycles. The van der Waals surface area contributed by atoms with Crippen LogP contribution >= 0.6 is 0 Å². The summed E-state index contributed by atoms with van der Waals surface area (Å²) in [5.74, 6) is -1.04. The minimum atomic E-state index is -0.953. The van der Waals surface area contributed by atoms with Crippen LogP contribution in [-0.4, -0.2) is 28.7 Å². The average molecular weight is 274 g/mol. The van der Waals surface area contributed by atoms with Crippen LogP contribution in [0.1, 0.15) is 32.0 Å². The third kappa shape index (κ3) is 3.23. The summed E-state index contributed by atoms with van der Waals surface area (Å²) in [7, 11) is 0. The Morgan fingerprint density at radius 2 is 2.00 bits per heavy atom. The van der Waals surface area contributed by atoms with Crippen LogP contribution in [0, 0.1) is 6.92 Å². The molecule has 0 aliphatic rings. The normalized spacial score (nSPS) is 10.2. The molecule has 1 aromatic heterocycles. The molecule has 0 unspecified atom stereocenters. The number of nitrogens with one attached hydrogen (secondary N) is 1. The standard InChI is InChI=1S/C14H14N2O4/c1-9-8-16-20-12(9)13(17)15-7-6-10-2-4-11(5-3-10)14(18)19/h2-5,8H,6-7H2,1H3,(H,15,17)(H,18,19). The van der Waals surface area contributed by atoms with Gasteiger partial charge >= 0.3 is 5.97 Å². The molecule has 0 bridgehead atoms. The molecule has 2 rings (SSSR count). The van der Waals surface area contributed by atoms with Crippen molar-refractivity contribution in [1.29, 1.82) is 0 Å². The minimum absolute atomic E-state index is 0.214. The first kappa shape index (κ1) is 13.8. The number of carboxylic acid groups (broad SMARTS) is 1. The molecule has 0 fully saturated rings. The highest BCUT2D eigenvalue weighted by atomic mass is 16.5. The Kier molecular flexibility index (Phi) is 4.14. The van der Waals surface area contributed by atoms with E-state index in [9.17, 15) is 9.59 Å². The summed E-state index contributed by atoms with van der Waals surface area (Å²) in [5.41, 5.74) is 1.88. The van der Waals surface area contributed by atoms with E-state index in [0.717, 1.165) is 5.56 Å². The summed E-state index contributed by atoms with van der Waals surface area (Å²) in [6.45, 7) is 2.18. The van der Waals surface area contributed by atoms with Crippen LogP contribution in [0.4, 0.5) is 0 Å². The maximum atomic E-state index is 11.7. The van der Waals surface area contributed by atoms with Gasteiger partial charge in [0.15, 0.2) is 0 Å². The number of aromatic nitrogens is 1. The van der Waals surface area contributed by atoms with E-state index in [2.05, 4.69) is 10.5 Å². The lowest BCUT2D eigenvalue weighted by atomic mass is 10.1. The fourth-order valence-electron chi connectivity index (χ4n) is 1.72. The van der Waals surface area contributed by atoms with E-state index in [1.165, 1.54) is 6.20 Å². The monoisotopic (exact) mass is 274 g/mol. The van der Waals surface area contributed by atoms with Gasteiger partial charge in [-0.25, -0.2) is 4.79 Å². The number of amides is 1. The third-order valence-electron chi connectivity index (χ3n) is 2.85. The largest absolute Gasteiger partial charge is 0.478 e. The lowest BCUT2D eigenvalue weighted by Gasteiger charge is -2.04. The van der Waals surface area contributed by atoms with Gasteiger partial charge in [-0.05, 0) is 31.0 Å². The van der Waals surface area contributed by atoms with Crippen LogP contribution in [0.3, 0.4) is 0 Å². The van der Waals surface area contributed by atoms with E-state index in [-0.39, 0.29) is 17.2 Å². The molecule has 6 nitrogen and oxygen atoms in total. The Morgan fingerprint density at radius 1 is 1.30 bits per heavy atom. The van der Waals surface area contributed by atoms with Gasteiger partial charge in [0.25, 0.3) is 5.91 Å². The van der Waals surface area contributed by atoms with Gasteiger partial charge in [0.1, 0.15) is 0 Å². The number of carbonyl (C=O) groups is 2. The first-order chi connectivity index (χ1) is 9.58. The number of aryl methyl sites for hydroxylation is 1. The molecule has 2 aromatic rings. The quantitative estimate of drug-likeness (QED) is 0.864. The van der Waals surface area contributed by atoms with E-state index < -0.39 is 5.97 Å². The number of carbonyl (C=O) groups excluding carboxylic acids is 1. The van der Waals surface area contributed by atoms with Crippen molar-refractivity contribution in [2.45, 2.75) is 13.3 Å². The minimum Gasteiger partial charge on any atom is -0.478 e. The zero-order chi connectivity index (χ0) is 14.5. The van der Waals surface area contributed by atoms with Gasteiger partial charge < -0.3 is 14.9 Å². The summed E-state index contributed by atoms with van der Waals surface area (Å²) < 4.78 is 4.84. The molecule has 0 spiro atoms. The van der Waals surface area contributed by atoms with Crippen LogP contribution in [0.25, 0.3) is 0 Å². The lowest BCUT2D eigenvalue weighted by Crippen LogP contribution is -2.25. The van der Waals surface area contributed by atoms with Gasteiger partial charge in [-0.15, -0.1) is 0 Å². The zero-order valence-electron chi connectivity index (χ0n) is 10.9. The molecule has 0 atom stereocenters. The Bertz CT molecular complexity index is 616. The predicted octanol–water partition coefficient (Wildman–Crippen LogP) is 1.65. The molecule has 1 heterocycles. The first-order valence-electron chi connectivity index (χ1n) is 6.09. The van der Waals surface area contributed by atoms with Crippen molar-refractivity contribution in [3.63, 3.8) is 0 Å². The van der Waals surface area contributed by atoms with Crippen LogP contribution in [0.2, 0.25) is 0 Å². The fourth-order valence-corrected chi connectivity index (χ4v) is 1.72. The van der Waals surface area contributed by atoms with Crippen molar-refractivity contribution in [1.82, 2.24) is 10.5 Å². The van der Waals surface area contributed by atoms with E-state index >= 15 is 0 Å². The highest BCUT2D eigenvalue weighted by Gasteiger charge is 2.13. The maximum absolute atomic E-state index is 11.7. The number of rotatable bonds is 5. The Labute approximate surface area is 115 Å². The molecule has 0 aliphatic heterocycles. The number of carboxylic acids is 1. The van der Waals surface area contributed by atoms with Crippen LogP contribution in [0.15, 0.2) is 35.0 Å². The molecule has 104 valence electrons. The van der Waals surface area contributed by atoms with Gasteiger partial charge in [0, 0.05) is 12.1 Å². The third-order valence-corrected chi connectivity index (χ3v) is 2.85. The second kappa shape index (κ2) is 6.01. The molecule has 0 radical (unpaired) electrons. The first-order valence-corrected chi connectivity index (χ1v) is 6.09. The Balaban J connectivity index is 1.85. The Morgan fingerprint density at radius 3 is 2.55 bits per heavy atom. The predicted molar refractivity (Wildman–Crippen MR) is 70.7 cm³/mol. The summed E-state index contributed by atoms with van der Waals surface area (Å²) in [6.07, 6.45) is 2.10. The molecular weight excluding hydrogens is 260 g/mol. The highest BCUT2D eigenvalue weighted by Crippen LogP contribution is 2.07. The van der Waals surface area contributed by atoms with Crippen LogP contribution in [0.5, 0.6) is 0 Å². The summed E-state index contributed by atoms with van der Waals surface area (Å²) in [6, 6.07) is 6.55. The molecule has 6 heteroatoms. The van der Waals surface area contributed by atoms with Gasteiger partial charge in [-0.1, -0.05) is 17.3 Å². The smallest absolute Gasteiger partial charge is 0.335 e. The van der Waals surface area contributed by atoms with Crippen molar-refractivity contribution in [3.05, 3.63) is 52.9 Å². The summed E-state index contributed by atoms with van der Waals surface area (Å²) >= 11 is 0. The van der Waals surface area contributed by atoms with Crippen LogP contribution in [-0.2, 0) is 6.42 Å².